The molecule has 3 heterocycles. The van der Waals surface area contributed by atoms with Crippen molar-refractivity contribution in [1.29, 1.82) is 0 Å². The minimum absolute atomic E-state index is 0.0807. The van der Waals surface area contributed by atoms with E-state index in [2.05, 4.69) is 15.3 Å². The van der Waals surface area contributed by atoms with Crippen LogP contribution in [0.2, 0.25) is 5.02 Å². The molecule has 3 aromatic rings. The average Bonchev–Trinajstić information content (AvgIpc) is 3.40. The summed E-state index contributed by atoms with van der Waals surface area (Å²) in [6.07, 6.45) is -0.475. The largest absolute Gasteiger partial charge is 0.609 e. The first-order valence-corrected chi connectivity index (χ1v) is 13.7. The zero-order valence-electron chi connectivity index (χ0n) is 22.0. The Balaban J connectivity index is 1.85. The molecule has 0 N–H and O–H groups in total. The third-order valence-electron chi connectivity index (χ3n) is 5.89. The van der Waals surface area contributed by atoms with Gasteiger partial charge in [0.05, 0.1) is 17.4 Å². The van der Waals surface area contributed by atoms with Gasteiger partial charge in [-0.3, -0.25) is 19.4 Å². The summed E-state index contributed by atoms with van der Waals surface area (Å²) in [4.78, 5) is 40.1. The lowest BCUT2D eigenvalue weighted by atomic mass is 9.96. The highest BCUT2D eigenvalue weighted by atomic mass is 35.5. The second kappa shape index (κ2) is 13.1. The van der Waals surface area contributed by atoms with Crippen molar-refractivity contribution < 1.29 is 51.1 Å². The number of esters is 3. The van der Waals surface area contributed by atoms with Gasteiger partial charge < -0.3 is 23.5 Å². The van der Waals surface area contributed by atoms with E-state index in [0.717, 1.165) is 25.5 Å². The molecule has 6 atom stereocenters. The van der Waals surface area contributed by atoms with Crippen LogP contribution in [-0.4, -0.2) is 72.8 Å². The molecule has 0 bridgehead atoms. The number of carbonyl (C=O) groups is 3. The molecule has 4 unspecified atom stereocenters. The number of carbonyl (C=O) groups excluding carboxylic acids is 3. The van der Waals surface area contributed by atoms with Crippen LogP contribution in [0.5, 0.6) is 0 Å². The van der Waals surface area contributed by atoms with E-state index in [1.807, 2.05) is 0 Å². The van der Waals surface area contributed by atoms with Crippen LogP contribution in [0.4, 0.5) is 13.2 Å². The normalized spacial score (nSPS) is 22.7. The van der Waals surface area contributed by atoms with Crippen LogP contribution in [-0.2, 0) is 44.5 Å². The van der Waals surface area contributed by atoms with Crippen molar-refractivity contribution in [2.24, 2.45) is 0 Å². The molecule has 1 aliphatic heterocycles. The summed E-state index contributed by atoms with van der Waals surface area (Å²) in [7, 11) is 0. The molecule has 0 amide bonds. The third kappa shape index (κ3) is 7.00. The Morgan fingerprint density at radius 1 is 1.02 bits per heavy atom. The molecule has 17 heteroatoms. The van der Waals surface area contributed by atoms with Crippen LogP contribution in [0.25, 0.3) is 11.3 Å². The predicted molar refractivity (Wildman–Crippen MR) is 136 cm³/mol. The molecule has 0 spiro atoms. The number of hydrogen-bond acceptors (Lipinski definition) is 11. The number of aromatic nitrogens is 4. The number of pyridine rings is 1. The maximum atomic E-state index is 13.9. The van der Waals surface area contributed by atoms with E-state index >= 15 is 0 Å². The van der Waals surface area contributed by atoms with Gasteiger partial charge in [-0.25, -0.2) is 17.9 Å². The van der Waals surface area contributed by atoms with Crippen molar-refractivity contribution in [3.8, 4) is 11.3 Å². The van der Waals surface area contributed by atoms with Crippen LogP contribution >= 0.6 is 11.6 Å². The summed E-state index contributed by atoms with van der Waals surface area (Å²) in [5.41, 5.74) is -1.84. The van der Waals surface area contributed by atoms with Gasteiger partial charge in [0.15, 0.2) is 28.5 Å². The first kappa shape index (κ1) is 31.2. The zero-order chi connectivity index (χ0) is 30.7. The second-order valence-electron chi connectivity index (χ2n) is 8.96. The molecule has 2 aromatic heterocycles. The van der Waals surface area contributed by atoms with Crippen molar-refractivity contribution in [2.75, 3.05) is 6.61 Å². The molecular weight excluding hydrogens is 609 g/mol. The monoisotopic (exact) mass is 630 g/mol. The molecule has 1 aliphatic rings. The molecule has 224 valence electrons. The van der Waals surface area contributed by atoms with Crippen molar-refractivity contribution in [3.63, 3.8) is 0 Å². The van der Waals surface area contributed by atoms with Gasteiger partial charge in [0, 0.05) is 49.8 Å². The maximum absolute atomic E-state index is 13.9. The van der Waals surface area contributed by atoms with E-state index in [4.69, 9.17) is 30.5 Å². The fourth-order valence-electron chi connectivity index (χ4n) is 4.25. The number of nitrogens with zero attached hydrogens (tertiary/aromatic N) is 4. The standard InChI is InChI=1S/C25H22ClF3N4O8S/c1-11(34)38-10-20-23(39-12(2)35)22(33-9-19(31-32-33)14-4-17(27)21(29)18(28)5-14)24(40-13(3)36)25(41-20)42(37)16-6-15(26)7-30-8-16/h4-9,20,22-25H,10H2,1-3H3/t20?,22?,23-,24?,25+,42?/m0/s1. The molecule has 12 nitrogen and oxygen atoms in total. The minimum Gasteiger partial charge on any atom is -0.609 e. The Morgan fingerprint density at radius 2 is 1.67 bits per heavy atom. The van der Waals surface area contributed by atoms with Crippen LogP contribution in [0, 0.1) is 17.5 Å². The maximum Gasteiger partial charge on any atom is 0.303 e. The quantitative estimate of drug-likeness (QED) is 0.156. The van der Waals surface area contributed by atoms with Gasteiger partial charge in [-0.15, -0.1) is 5.10 Å². The zero-order valence-corrected chi connectivity index (χ0v) is 23.6. The van der Waals surface area contributed by atoms with Gasteiger partial charge in [0.25, 0.3) is 5.44 Å². The number of hydrogen-bond donors (Lipinski definition) is 0. The van der Waals surface area contributed by atoms with Gasteiger partial charge >= 0.3 is 17.9 Å². The topological polar surface area (TPSA) is 155 Å². The number of rotatable bonds is 8. The van der Waals surface area contributed by atoms with Gasteiger partial charge in [-0.05, 0) is 12.1 Å². The van der Waals surface area contributed by atoms with Gasteiger partial charge in [0.1, 0.15) is 24.4 Å². The number of halogens is 4. The van der Waals surface area contributed by atoms with E-state index in [1.165, 1.54) is 24.7 Å². The second-order valence-corrected chi connectivity index (χ2v) is 10.9. The Kier molecular flexibility index (Phi) is 9.71. The molecule has 1 fully saturated rings. The molecule has 1 aromatic carbocycles. The SMILES string of the molecule is CC(=O)OCC1O[C@H]([S+]([O-])c2cncc(Cl)c2)C(OC(C)=O)C(n2cc(-c3cc(F)c(F)c(F)c3)nn2)[C@H]1OC(C)=O. The van der Waals surface area contributed by atoms with Gasteiger partial charge in [-0.1, -0.05) is 16.8 Å². The Labute approximate surface area is 244 Å². The van der Waals surface area contributed by atoms with Crippen molar-refractivity contribution >= 4 is 40.7 Å². The summed E-state index contributed by atoms with van der Waals surface area (Å²) >= 11 is 3.87. The fraction of sp³-hybridized carbons (Fsp3) is 0.360. The third-order valence-corrected chi connectivity index (χ3v) is 7.59. The predicted octanol–water partition coefficient (Wildman–Crippen LogP) is 2.91. The Hall–Kier alpha value is -3.73. The van der Waals surface area contributed by atoms with E-state index in [1.54, 1.807) is 0 Å². The van der Waals surface area contributed by atoms with Crippen molar-refractivity contribution in [3.05, 3.63) is 59.3 Å². The first-order chi connectivity index (χ1) is 19.8. The van der Waals surface area contributed by atoms with E-state index < -0.39 is 82.9 Å². The molecule has 4 rings (SSSR count). The summed E-state index contributed by atoms with van der Waals surface area (Å²) in [6, 6.07) is 1.39. The number of benzene rings is 1. The highest BCUT2D eigenvalue weighted by molar-refractivity contribution is 7.92. The molecule has 0 saturated carbocycles. The fourth-order valence-corrected chi connectivity index (χ4v) is 5.87. The van der Waals surface area contributed by atoms with Gasteiger partial charge in [0.2, 0.25) is 6.10 Å². The molecule has 1 saturated heterocycles. The van der Waals surface area contributed by atoms with Crippen LogP contribution in [0.1, 0.15) is 26.8 Å². The average molecular weight is 631 g/mol. The van der Waals surface area contributed by atoms with Crippen molar-refractivity contribution in [2.45, 2.75) is 55.5 Å². The summed E-state index contributed by atoms with van der Waals surface area (Å²) < 4.78 is 78.4. The van der Waals surface area contributed by atoms with Gasteiger partial charge in [-0.2, -0.15) is 0 Å². The summed E-state index contributed by atoms with van der Waals surface area (Å²) in [5, 5.41) is 8.00. The smallest absolute Gasteiger partial charge is 0.303 e. The summed E-state index contributed by atoms with van der Waals surface area (Å²) in [6.45, 7) is 2.79. The molecule has 0 radical (unpaired) electrons. The minimum atomic E-state index is -2.15. The first-order valence-electron chi connectivity index (χ1n) is 12.1. The highest BCUT2D eigenvalue weighted by Crippen LogP contribution is 2.39. The summed E-state index contributed by atoms with van der Waals surface area (Å²) in [5.74, 6) is -7.01. The van der Waals surface area contributed by atoms with Crippen LogP contribution < -0.4 is 0 Å². The lowest BCUT2D eigenvalue weighted by Gasteiger charge is -2.44. The molecule has 0 aliphatic carbocycles. The lowest BCUT2D eigenvalue weighted by Crippen LogP contribution is -2.60. The Bertz CT molecular complexity index is 1470. The Morgan fingerprint density at radius 3 is 2.26 bits per heavy atom. The van der Waals surface area contributed by atoms with E-state index in [9.17, 15) is 32.1 Å². The molecule has 42 heavy (non-hydrogen) atoms. The number of ether oxygens (including phenoxy) is 4. The van der Waals surface area contributed by atoms with E-state index in [-0.39, 0.29) is 21.2 Å². The van der Waals surface area contributed by atoms with E-state index in [0.29, 0.717) is 12.1 Å². The molecular formula is C25H22ClF3N4O8S. The van der Waals surface area contributed by atoms with Crippen molar-refractivity contribution in [1.82, 2.24) is 20.0 Å². The lowest BCUT2D eigenvalue weighted by molar-refractivity contribution is -0.213. The van der Waals surface area contributed by atoms with Crippen LogP contribution in [0.3, 0.4) is 0 Å². The highest BCUT2D eigenvalue weighted by Gasteiger charge is 2.56. The van der Waals surface area contributed by atoms with Crippen LogP contribution in [0.15, 0.2) is 41.7 Å².